The highest BCUT2D eigenvalue weighted by molar-refractivity contribution is 7.15. The van der Waals surface area contributed by atoms with Gasteiger partial charge in [-0.25, -0.2) is 9.59 Å². The normalized spacial score (nSPS) is 21.2. The molecule has 0 amide bonds. The maximum atomic E-state index is 10.6. The Morgan fingerprint density at radius 1 is 1.16 bits per heavy atom. The number of halogens is 6. The molecule has 17 heteroatoms. The summed E-state index contributed by atoms with van der Waals surface area (Å²) in [6, 6.07) is 5.90. The van der Waals surface area contributed by atoms with E-state index >= 15 is 0 Å². The first-order valence-electron chi connectivity index (χ1n) is 10.9. The number of aliphatic carboxylic acids is 2. The Balaban J connectivity index is 0.000000301. The van der Waals surface area contributed by atoms with Crippen molar-refractivity contribution in [2.45, 2.75) is 56.9 Å². The smallest absolute Gasteiger partial charge is 0.475 e. The number of carbonyl (C=O) groups is 2. The number of ether oxygens (including phenoxy) is 2. The average Bonchev–Trinajstić information content (AvgIpc) is 3.44. The third-order valence-electron chi connectivity index (χ3n) is 5.18. The maximum absolute atomic E-state index is 10.6. The SMILES string of the molecule is Cc1nnc(N2CCC[C@]3(C[C@@H](OCc4ccccn4)CO3)C2)s1.O=C(O)C(F)(F)F.O=C(O)C(F)(F)F. The van der Waals surface area contributed by atoms with Gasteiger partial charge < -0.3 is 24.6 Å². The van der Waals surface area contributed by atoms with Crippen LogP contribution in [0.25, 0.3) is 0 Å². The van der Waals surface area contributed by atoms with Crippen molar-refractivity contribution < 1.29 is 55.6 Å². The fraction of sp³-hybridized carbons (Fsp3) is 0.571. The van der Waals surface area contributed by atoms with Crippen LogP contribution in [0.3, 0.4) is 0 Å². The molecule has 2 atom stereocenters. The molecular weight excluding hydrogens is 550 g/mol. The minimum atomic E-state index is -5.08. The Bertz CT molecular complexity index is 1030. The third-order valence-corrected chi connectivity index (χ3v) is 6.08. The summed E-state index contributed by atoms with van der Waals surface area (Å²) < 4.78 is 75.7. The highest BCUT2D eigenvalue weighted by atomic mass is 32.1. The van der Waals surface area contributed by atoms with Crippen molar-refractivity contribution in [1.82, 2.24) is 15.2 Å². The second-order valence-corrected chi connectivity index (χ2v) is 9.35. The van der Waals surface area contributed by atoms with E-state index < -0.39 is 24.3 Å². The first-order valence-corrected chi connectivity index (χ1v) is 11.7. The molecule has 4 heterocycles. The van der Waals surface area contributed by atoms with E-state index in [0.717, 1.165) is 48.2 Å². The van der Waals surface area contributed by atoms with Crippen molar-refractivity contribution in [3.8, 4) is 0 Å². The maximum Gasteiger partial charge on any atom is 0.490 e. The lowest BCUT2D eigenvalue weighted by Gasteiger charge is -2.39. The Labute approximate surface area is 216 Å². The van der Waals surface area contributed by atoms with Crippen molar-refractivity contribution in [3.05, 3.63) is 35.1 Å². The molecule has 0 aromatic carbocycles. The number of aromatic nitrogens is 3. The van der Waals surface area contributed by atoms with E-state index in [9.17, 15) is 26.3 Å². The molecule has 2 aliphatic heterocycles. The van der Waals surface area contributed by atoms with Crippen LogP contribution in [0.2, 0.25) is 0 Å². The molecule has 2 saturated heterocycles. The summed E-state index contributed by atoms with van der Waals surface area (Å²) >= 11 is 1.65. The van der Waals surface area contributed by atoms with Gasteiger partial charge in [0.25, 0.3) is 0 Å². The number of aryl methyl sites for hydroxylation is 1. The standard InChI is InChI=1S/C17H22N4O2S.2C2HF3O2/c1-13-19-20-16(24-13)21-8-4-6-17(12-21)9-15(11-23-17)22-10-14-5-2-3-7-18-14;2*3-2(4,5)1(6)7/h2-3,5,7,15H,4,6,8-12H2,1H3;2*(H,6,7)/t15-,17+;;/m1../s1. The molecule has 2 fully saturated rings. The van der Waals surface area contributed by atoms with Crippen LogP contribution in [-0.4, -0.2) is 81.1 Å². The van der Waals surface area contributed by atoms with Gasteiger partial charge in [-0.05, 0) is 31.9 Å². The highest BCUT2D eigenvalue weighted by Crippen LogP contribution is 2.38. The minimum absolute atomic E-state index is 0.105. The summed E-state index contributed by atoms with van der Waals surface area (Å²) in [5, 5.41) is 24.7. The highest BCUT2D eigenvalue weighted by Gasteiger charge is 2.44. The zero-order chi connectivity index (χ0) is 28.6. The van der Waals surface area contributed by atoms with E-state index in [1.54, 1.807) is 17.5 Å². The minimum Gasteiger partial charge on any atom is -0.475 e. The quantitative estimate of drug-likeness (QED) is 0.519. The summed E-state index contributed by atoms with van der Waals surface area (Å²) in [7, 11) is 0. The van der Waals surface area contributed by atoms with Gasteiger partial charge in [0.1, 0.15) is 5.01 Å². The van der Waals surface area contributed by atoms with Crippen LogP contribution in [-0.2, 0) is 25.7 Å². The van der Waals surface area contributed by atoms with E-state index in [-0.39, 0.29) is 11.7 Å². The molecule has 0 unspecified atom stereocenters. The molecule has 38 heavy (non-hydrogen) atoms. The van der Waals surface area contributed by atoms with Gasteiger partial charge in [0.2, 0.25) is 5.13 Å². The van der Waals surface area contributed by atoms with Crippen molar-refractivity contribution in [2.75, 3.05) is 24.6 Å². The molecule has 2 N–H and O–H groups in total. The van der Waals surface area contributed by atoms with Crippen LogP contribution >= 0.6 is 11.3 Å². The fourth-order valence-corrected chi connectivity index (χ4v) is 4.27. The first kappa shape index (κ1) is 31.2. The Hall–Kier alpha value is -3.05. The molecule has 10 nitrogen and oxygen atoms in total. The number of carboxylic acid groups (broad SMARTS) is 2. The van der Waals surface area contributed by atoms with Gasteiger partial charge >= 0.3 is 24.3 Å². The van der Waals surface area contributed by atoms with Crippen LogP contribution in [0.4, 0.5) is 31.5 Å². The van der Waals surface area contributed by atoms with Crippen LogP contribution in [0, 0.1) is 6.92 Å². The van der Waals surface area contributed by atoms with Crippen LogP contribution in [0.5, 0.6) is 0 Å². The van der Waals surface area contributed by atoms with Crippen molar-refractivity contribution >= 4 is 28.4 Å². The monoisotopic (exact) mass is 574 g/mol. The summed E-state index contributed by atoms with van der Waals surface area (Å²) in [6.45, 7) is 5.11. The Kier molecular flexibility index (Phi) is 10.8. The molecule has 0 radical (unpaired) electrons. The molecule has 2 aliphatic rings. The number of rotatable bonds is 4. The number of nitrogens with zero attached hydrogens (tertiary/aromatic N) is 4. The van der Waals surface area contributed by atoms with Crippen LogP contribution < -0.4 is 4.90 Å². The van der Waals surface area contributed by atoms with E-state index in [1.807, 2.05) is 25.1 Å². The molecule has 212 valence electrons. The summed E-state index contributed by atoms with van der Waals surface area (Å²) in [5.74, 6) is -5.51. The molecule has 0 saturated carbocycles. The van der Waals surface area contributed by atoms with Gasteiger partial charge in [0.15, 0.2) is 0 Å². The number of hydrogen-bond acceptors (Lipinski definition) is 9. The largest absolute Gasteiger partial charge is 0.490 e. The van der Waals surface area contributed by atoms with E-state index in [1.165, 1.54) is 0 Å². The topological polar surface area (TPSA) is 135 Å². The summed E-state index contributed by atoms with van der Waals surface area (Å²) in [5.41, 5.74) is 0.861. The van der Waals surface area contributed by atoms with Crippen molar-refractivity contribution in [2.24, 2.45) is 0 Å². The molecule has 2 aromatic heterocycles. The lowest BCUT2D eigenvalue weighted by atomic mass is 9.89. The van der Waals surface area contributed by atoms with Gasteiger partial charge in [-0.2, -0.15) is 26.3 Å². The lowest BCUT2D eigenvalue weighted by Crippen LogP contribution is -2.48. The van der Waals surface area contributed by atoms with Crippen LogP contribution in [0.1, 0.15) is 30.0 Å². The molecule has 0 aliphatic carbocycles. The molecule has 4 rings (SSSR count). The Morgan fingerprint density at radius 2 is 1.79 bits per heavy atom. The fourth-order valence-electron chi connectivity index (χ4n) is 3.56. The average molecular weight is 575 g/mol. The molecule has 1 spiro atoms. The number of carboxylic acids is 2. The lowest BCUT2D eigenvalue weighted by molar-refractivity contribution is -0.193. The zero-order valence-corrected chi connectivity index (χ0v) is 20.6. The molecule has 0 bridgehead atoms. The number of hydrogen-bond donors (Lipinski definition) is 2. The molecule has 2 aromatic rings. The summed E-state index contributed by atoms with van der Waals surface area (Å²) in [6.07, 6.45) is -5.08. The second-order valence-electron chi connectivity index (χ2n) is 8.19. The van der Waals surface area contributed by atoms with Gasteiger partial charge in [-0.3, -0.25) is 4.98 Å². The number of alkyl halides is 6. The van der Waals surface area contributed by atoms with Gasteiger partial charge in [0.05, 0.1) is 30.6 Å². The number of anilines is 1. The van der Waals surface area contributed by atoms with Crippen molar-refractivity contribution in [3.63, 3.8) is 0 Å². The van der Waals surface area contributed by atoms with Gasteiger partial charge in [-0.15, -0.1) is 10.2 Å². The number of piperidine rings is 1. The van der Waals surface area contributed by atoms with E-state index in [4.69, 9.17) is 29.3 Å². The van der Waals surface area contributed by atoms with E-state index in [2.05, 4.69) is 20.1 Å². The van der Waals surface area contributed by atoms with Gasteiger partial charge in [-0.1, -0.05) is 17.4 Å². The zero-order valence-electron chi connectivity index (χ0n) is 19.8. The second kappa shape index (κ2) is 13.1. The van der Waals surface area contributed by atoms with Gasteiger partial charge in [0, 0.05) is 25.7 Å². The molecular formula is C21H24F6N4O6S. The Morgan fingerprint density at radius 3 is 2.29 bits per heavy atom. The summed E-state index contributed by atoms with van der Waals surface area (Å²) in [4.78, 5) is 24.4. The van der Waals surface area contributed by atoms with E-state index in [0.29, 0.717) is 13.2 Å². The number of pyridine rings is 1. The van der Waals surface area contributed by atoms with Crippen LogP contribution in [0.15, 0.2) is 24.4 Å². The predicted octanol–water partition coefficient (Wildman–Crippen LogP) is 3.85. The van der Waals surface area contributed by atoms with Crippen molar-refractivity contribution in [1.29, 1.82) is 0 Å². The first-order chi connectivity index (χ1) is 17.6. The predicted molar refractivity (Wildman–Crippen MR) is 120 cm³/mol. The third kappa shape index (κ3) is 10.0.